The first-order valence-corrected chi connectivity index (χ1v) is 13.9. The van der Waals surface area contributed by atoms with Crippen molar-refractivity contribution in [1.29, 1.82) is 0 Å². The monoisotopic (exact) mass is 471 g/mol. The second-order valence-electron chi connectivity index (χ2n) is 8.73. The molecule has 2 aromatic rings. The lowest BCUT2D eigenvalue weighted by Gasteiger charge is -2.40. The zero-order chi connectivity index (χ0) is 22.0. The molecule has 0 aliphatic carbocycles. The van der Waals surface area contributed by atoms with Crippen LogP contribution in [0.4, 0.5) is 17.5 Å². The molecule has 0 amide bonds. The zero-order valence-corrected chi connectivity index (χ0v) is 20.7. The number of nitrogens with one attached hydrogen (secondary N) is 1. The maximum absolute atomic E-state index is 5.48. The highest BCUT2D eigenvalue weighted by atomic mass is 32.2. The van der Waals surface area contributed by atoms with Crippen LogP contribution in [0.2, 0.25) is 0 Å². The molecule has 1 N–H and O–H groups in total. The lowest BCUT2D eigenvalue weighted by molar-refractivity contribution is 0.147. The van der Waals surface area contributed by atoms with E-state index in [1.54, 1.807) is 0 Å². The lowest BCUT2D eigenvalue weighted by atomic mass is 9.74. The van der Waals surface area contributed by atoms with E-state index < -0.39 is 0 Å². The molecule has 6 nitrogen and oxygen atoms in total. The summed E-state index contributed by atoms with van der Waals surface area (Å²) >= 11 is 3.73. The molecule has 32 heavy (non-hydrogen) atoms. The Morgan fingerprint density at radius 1 is 1.22 bits per heavy atom. The quantitative estimate of drug-likeness (QED) is 0.443. The molecule has 1 aromatic carbocycles. The Hall–Kier alpha value is -1.64. The molecule has 1 fully saturated rings. The van der Waals surface area contributed by atoms with E-state index in [-0.39, 0.29) is 5.41 Å². The molecule has 0 saturated carbocycles. The molecular formula is C24H33N5OS2. The van der Waals surface area contributed by atoms with Crippen LogP contribution in [-0.2, 0) is 16.6 Å². The van der Waals surface area contributed by atoms with Gasteiger partial charge in [-0.3, -0.25) is 0 Å². The van der Waals surface area contributed by atoms with Crippen molar-refractivity contribution in [1.82, 2.24) is 9.97 Å². The third-order valence-corrected chi connectivity index (χ3v) is 8.78. The molecule has 0 bridgehead atoms. The second kappa shape index (κ2) is 9.69. The van der Waals surface area contributed by atoms with Crippen molar-refractivity contribution in [3.05, 3.63) is 35.5 Å². The Morgan fingerprint density at radius 2 is 2.06 bits per heavy atom. The summed E-state index contributed by atoms with van der Waals surface area (Å²) in [5, 5.41) is 3.57. The fraction of sp³-hybridized carbons (Fsp3) is 0.583. The Kier molecular flexibility index (Phi) is 6.71. The van der Waals surface area contributed by atoms with Crippen molar-refractivity contribution in [3.8, 4) is 0 Å². The summed E-state index contributed by atoms with van der Waals surface area (Å²) in [4.78, 5) is 13.7. The molecule has 3 aliphatic rings. The molecule has 1 spiro atoms. The number of benzene rings is 1. The number of aromatic nitrogens is 2. The number of para-hydroxylation sites is 1. The van der Waals surface area contributed by atoms with Gasteiger partial charge < -0.3 is 19.3 Å². The summed E-state index contributed by atoms with van der Waals surface area (Å²) in [6, 6.07) is 8.98. The van der Waals surface area contributed by atoms with E-state index >= 15 is 0 Å². The zero-order valence-electron chi connectivity index (χ0n) is 19.1. The molecule has 172 valence electrons. The largest absolute Gasteiger partial charge is 0.382 e. The molecule has 3 aliphatic heterocycles. The number of ether oxygens (including phenoxy) is 1. The highest BCUT2D eigenvalue weighted by Crippen LogP contribution is 2.49. The van der Waals surface area contributed by atoms with Crippen molar-refractivity contribution >= 4 is 41.2 Å². The van der Waals surface area contributed by atoms with Crippen LogP contribution in [0.3, 0.4) is 0 Å². The van der Waals surface area contributed by atoms with Crippen LogP contribution in [0.15, 0.2) is 29.2 Å². The average molecular weight is 472 g/mol. The number of hydrogen-bond acceptors (Lipinski definition) is 8. The normalized spacial score (nSPS) is 18.8. The molecule has 8 heteroatoms. The third kappa shape index (κ3) is 4.17. The smallest absolute Gasteiger partial charge is 0.227 e. The van der Waals surface area contributed by atoms with Crippen molar-refractivity contribution < 1.29 is 4.74 Å². The summed E-state index contributed by atoms with van der Waals surface area (Å²) in [5.74, 6) is 3.02. The number of thioether (sulfide) groups is 1. The number of aryl methyl sites for hydroxylation is 1. The lowest BCUT2D eigenvalue weighted by Crippen LogP contribution is -2.45. The van der Waals surface area contributed by atoms with E-state index in [9.17, 15) is 0 Å². The Morgan fingerprint density at radius 3 is 2.88 bits per heavy atom. The van der Waals surface area contributed by atoms with Crippen molar-refractivity contribution in [3.63, 3.8) is 0 Å². The van der Waals surface area contributed by atoms with Gasteiger partial charge in [0.05, 0.1) is 16.3 Å². The summed E-state index contributed by atoms with van der Waals surface area (Å²) < 4.78 is 7.95. The molecule has 0 atom stereocenters. The predicted octanol–water partition coefficient (Wildman–Crippen LogP) is 4.60. The number of hydrogen-bond donors (Lipinski definition) is 1. The first-order valence-electron chi connectivity index (χ1n) is 11.8. The van der Waals surface area contributed by atoms with E-state index in [0.29, 0.717) is 0 Å². The fourth-order valence-corrected chi connectivity index (χ4v) is 6.95. The van der Waals surface area contributed by atoms with Gasteiger partial charge in [0, 0.05) is 63.2 Å². The first kappa shape index (κ1) is 22.2. The van der Waals surface area contributed by atoms with Crippen LogP contribution in [-0.4, -0.2) is 61.4 Å². The number of rotatable bonds is 8. The van der Waals surface area contributed by atoms with Gasteiger partial charge in [0.15, 0.2) is 0 Å². The maximum atomic E-state index is 5.48. The van der Waals surface area contributed by atoms with Crippen LogP contribution >= 0.6 is 23.7 Å². The van der Waals surface area contributed by atoms with Gasteiger partial charge in [-0.15, -0.1) is 11.8 Å². The standard InChI is InChI=1S/C24H33N5OS2/c1-3-30-15-6-12-25-22-21-19(9-16-32-21)26-23(27-22)28-13-10-24(11-14-28)17-29(31-2)20-8-5-4-7-18(20)24/h4-5,7-8H,3,6,9-17H2,1-2H3,(H,25,26,27). The number of anilines is 3. The topological polar surface area (TPSA) is 53.5 Å². The Balaban J connectivity index is 1.30. The van der Waals surface area contributed by atoms with Crippen LogP contribution in [0.1, 0.15) is 37.4 Å². The maximum Gasteiger partial charge on any atom is 0.227 e. The number of piperidine rings is 1. The molecule has 1 aromatic heterocycles. The van der Waals surface area contributed by atoms with E-state index in [2.05, 4.69) is 45.0 Å². The molecular weight excluding hydrogens is 438 g/mol. The minimum Gasteiger partial charge on any atom is -0.382 e. The predicted molar refractivity (Wildman–Crippen MR) is 136 cm³/mol. The highest BCUT2D eigenvalue weighted by molar-refractivity contribution is 8.00. The van der Waals surface area contributed by atoms with Gasteiger partial charge in [0.2, 0.25) is 5.95 Å². The molecule has 0 unspecified atom stereocenters. The highest BCUT2D eigenvalue weighted by Gasteiger charge is 2.45. The first-order chi connectivity index (χ1) is 15.7. The van der Waals surface area contributed by atoms with Gasteiger partial charge in [0.1, 0.15) is 5.82 Å². The Labute approximate surface area is 200 Å². The number of nitrogens with zero attached hydrogens (tertiary/aromatic N) is 4. The summed E-state index contributed by atoms with van der Waals surface area (Å²) in [6.45, 7) is 7.61. The van der Waals surface area contributed by atoms with E-state index in [0.717, 1.165) is 82.6 Å². The third-order valence-electron chi connectivity index (χ3n) is 6.89. The summed E-state index contributed by atoms with van der Waals surface area (Å²) in [7, 11) is 0. The van der Waals surface area contributed by atoms with E-state index in [4.69, 9.17) is 14.7 Å². The average Bonchev–Trinajstić information content (AvgIpc) is 3.43. The molecule has 4 heterocycles. The van der Waals surface area contributed by atoms with E-state index in [1.807, 2.05) is 30.6 Å². The van der Waals surface area contributed by atoms with Crippen molar-refractivity contribution in [2.75, 3.05) is 65.9 Å². The van der Waals surface area contributed by atoms with Crippen LogP contribution in [0, 0.1) is 0 Å². The number of fused-ring (bicyclic) bond motifs is 3. The Bertz CT molecular complexity index is 948. The second-order valence-corrected chi connectivity index (χ2v) is 10.6. The molecule has 0 radical (unpaired) electrons. The minimum atomic E-state index is 0.253. The van der Waals surface area contributed by atoms with Gasteiger partial charge in [-0.25, -0.2) is 4.98 Å². The van der Waals surface area contributed by atoms with Gasteiger partial charge >= 0.3 is 0 Å². The summed E-state index contributed by atoms with van der Waals surface area (Å²) in [5.41, 5.74) is 4.39. The molecule has 1 saturated heterocycles. The minimum absolute atomic E-state index is 0.253. The molecule has 5 rings (SSSR count). The van der Waals surface area contributed by atoms with Crippen molar-refractivity contribution in [2.45, 2.75) is 42.9 Å². The fourth-order valence-electron chi connectivity index (χ4n) is 5.15. The van der Waals surface area contributed by atoms with E-state index in [1.165, 1.54) is 21.8 Å². The SMILES string of the molecule is CCOCCCNc1nc(N2CCC3(CC2)CN(SC)c2ccccc23)nc2c1SCC2. The van der Waals surface area contributed by atoms with Gasteiger partial charge in [-0.05, 0) is 37.8 Å². The van der Waals surface area contributed by atoms with Gasteiger partial charge in [-0.2, -0.15) is 4.98 Å². The van der Waals surface area contributed by atoms with Gasteiger partial charge in [-0.1, -0.05) is 30.1 Å². The van der Waals surface area contributed by atoms with Crippen LogP contribution in [0.25, 0.3) is 0 Å². The summed E-state index contributed by atoms with van der Waals surface area (Å²) in [6.07, 6.45) is 6.51. The van der Waals surface area contributed by atoms with Crippen LogP contribution < -0.4 is 14.5 Å². The van der Waals surface area contributed by atoms with Gasteiger partial charge in [0.25, 0.3) is 0 Å². The van der Waals surface area contributed by atoms with Crippen molar-refractivity contribution in [2.24, 2.45) is 0 Å². The van der Waals surface area contributed by atoms with Crippen LogP contribution in [0.5, 0.6) is 0 Å².